The molecule has 0 aromatic heterocycles. The minimum Gasteiger partial charge on any atom is -0.466 e. The second-order valence-electron chi connectivity index (χ2n) is 7.33. The Balaban J connectivity index is 2.10. The third-order valence-electron chi connectivity index (χ3n) is 5.39. The van der Waals surface area contributed by atoms with Crippen molar-refractivity contribution in [3.63, 3.8) is 0 Å². The zero-order chi connectivity index (χ0) is 24.4. The molecule has 0 spiro atoms. The quantitative estimate of drug-likeness (QED) is 0.482. The van der Waals surface area contributed by atoms with Crippen LogP contribution in [0, 0.1) is 17.4 Å². The molecule has 10 heteroatoms. The Labute approximate surface area is 188 Å². The first-order valence-electron chi connectivity index (χ1n) is 9.95. The lowest BCUT2D eigenvalue weighted by molar-refractivity contribution is -0.144. The number of alkyl halides is 3. The van der Waals surface area contributed by atoms with Crippen molar-refractivity contribution in [2.24, 2.45) is 0 Å². The van der Waals surface area contributed by atoms with Gasteiger partial charge in [0.05, 0.1) is 35.9 Å². The molecule has 1 atom stereocenters. The van der Waals surface area contributed by atoms with E-state index in [2.05, 4.69) is 6.07 Å². The van der Waals surface area contributed by atoms with E-state index in [1.165, 1.54) is 25.1 Å². The van der Waals surface area contributed by atoms with Gasteiger partial charge < -0.3 is 9.64 Å². The number of anilines is 1. The highest BCUT2D eigenvalue weighted by atomic mass is 19.4. The van der Waals surface area contributed by atoms with Crippen molar-refractivity contribution in [2.75, 3.05) is 18.1 Å². The highest BCUT2D eigenvalue weighted by Gasteiger charge is 2.56. The topological polar surface area (TPSA) is 90.7 Å². The molecule has 1 unspecified atom stereocenters. The van der Waals surface area contributed by atoms with Crippen LogP contribution in [0.4, 0.5) is 23.7 Å². The Morgan fingerprint density at radius 1 is 1.21 bits per heavy atom. The van der Waals surface area contributed by atoms with Crippen LogP contribution in [0.3, 0.4) is 0 Å². The summed E-state index contributed by atoms with van der Waals surface area (Å²) in [6.07, 6.45) is -5.08. The van der Waals surface area contributed by atoms with Crippen LogP contribution in [0.1, 0.15) is 37.0 Å². The Hall–Kier alpha value is -3.87. The van der Waals surface area contributed by atoms with Crippen LogP contribution in [-0.2, 0) is 26.0 Å². The minimum absolute atomic E-state index is 0.134. The number of carbonyl (C=O) groups excluding carboxylic acids is 3. The van der Waals surface area contributed by atoms with Gasteiger partial charge >= 0.3 is 18.2 Å². The summed E-state index contributed by atoms with van der Waals surface area (Å²) >= 11 is 0. The molecule has 3 amide bonds. The highest BCUT2D eigenvalue weighted by molar-refractivity contribution is 6.23. The van der Waals surface area contributed by atoms with Crippen molar-refractivity contribution in [3.05, 3.63) is 65.2 Å². The molecule has 1 heterocycles. The number of amides is 3. The zero-order valence-electron chi connectivity index (χ0n) is 17.8. The fraction of sp³-hybridized carbons (Fsp3) is 0.304. The lowest BCUT2D eigenvalue weighted by Gasteiger charge is -2.31. The standard InChI is InChI=1S/C23H19F3N3O4/c1-3-33-19(30)11-12-28-21(32)29(20(31)22(28,2)16-7-5-4-6-8-16)17-10-9-15(14-27)18(13-17)23(24,25)26/h5-10,13H,3,11-12H2,1-2H3. The molecule has 171 valence electrons. The minimum atomic E-state index is -4.87. The zero-order valence-corrected chi connectivity index (χ0v) is 17.8. The van der Waals surface area contributed by atoms with Gasteiger partial charge in [0.1, 0.15) is 5.54 Å². The summed E-state index contributed by atoms with van der Waals surface area (Å²) in [6, 6.07) is 12.2. The highest BCUT2D eigenvalue weighted by Crippen LogP contribution is 2.41. The number of hydrogen-bond donors (Lipinski definition) is 0. The number of hydrogen-bond acceptors (Lipinski definition) is 5. The van der Waals surface area contributed by atoms with Gasteiger partial charge in [-0.15, -0.1) is 0 Å². The average Bonchev–Trinajstić information content (AvgIpc) is 2.98. The summed E-state index contributed by atoms with van der Waals surface area (Å²) in [5.41, 5.74) is -3.42. The molecule has 1 saturated heterocycles. The first-order valence-corrected chi connectivity index (χ1v) is 9.95. The van der Waals surface area contributed by atoms with Gasteiger partial charge in [0.15, 0.2) is 0 Å². The summed E-state index contributed by atoms with van der Waals surface area (Å²) in [6.45, 7) is 3.02. The molecular weight excluding hydrogens is 439 g/mol. The number of nitrogens with zero attached hydrogens (tertiary/aromatic N) is 3. The molecule has 0 aliphatic carbocycles. The fourth-order valence-corrected chi connectivity index (χ4v) is 3.71. The molecule has 0 N–H and O–H groups in total. The number of nitriles is 1. The van der Waals surface area contributed by atoms with E-state index in [1.54, 1.807) is 19.1 Å². The maximum Gasteiger partial charge on any atom is 0.417 e. The molecule has 1 aliphatic rings. The predicted octanol–water partition coefficient (Wildman–Crippen LogP) is 4.01. The molecule has 2 aromatic rings. The van der Waals surface area contributed by atoms with E-state index in [9.17, 15) is 27.6 Å². The van der Waals surface area contributed by atoms with E-state index >= 15 is 0 Å². The molecule has 7 nitrogen and oxygen atoms in total. The normalized spacial score (nSPS) is 18.4. The van der Waals surface area contributed by atoms with E-state index in [-0.39, 0.29) is 25.3 Å². The Morgan fingerprint density at radius 3 is 2.45 bits per heavy atom. The lowest BCUT2D eigenvalue weighted by Crippen LogP contribution is -2.45. The van der Waals surface area contributed by atoms with Crippen LogP contribution in [0.2, 0.25) is 0 Å². The van der Waals surface area contributed by atoms with Gasteiger partial charge in [0.2, 0.25) is 0 Å². The molecule has 1 radical (unpaired) electrons. The second kappa shape index (κ2) is 8.94. The van der Waals surface area contributed by atoms with Crippen LogP contribution in [0.5, 0.6) is 0 Å². The van der Waals surface area contributed by atoms with Gasteiger partial charge in [-0.05, 0) is 43.7 Å². The third kappa shape index (κ3) is 4.26. The van der Waals surface area contributed by atoms with Gasteiger partial charge in [0, 0.05) is 6.54 Å². The van der Waals surface area contributed by atoms with Gasteiger partial charge in [0.25, 0.3) is 5.91 Å². The predicted molar refractivity (Wildman–Crippen MR) is 110 cm³/mol. The second-order valence-corrected chi connectivity index (χ2v) is 7.33. The van der Waals surface area contributed by atoms with E-state index < -0.39 is 40.7 Å². The molecule has 0 bridgehead atoms. The van der Waals surface area contributed by atoms with Crippen molar-refractivity contribution in [1.82, 2.24) is 4.90 Å². The molecule has 33 heavy (non-hydrogen) atoms. The first kappa shape index (κ1) is 23.8. The van der Waals surface area contributed by atoms with Gasteiger partial charge in [-0.1, -0.05) is 24.3 Å². The maximum absolute atomic E-state index is 13.5. The first-order chi connectivity index (χ1) is 15.6. The van der Waals surface area contributed by atoms with Crippen molar-refractivity contribution in [3.8, 4) is 6.07 Å². The lowest BCUT2D eigenvalue weighted by atomic mass is 9.90. The van der Waals surface area contributed by atoms with E-state index in [0.717, 1.165) is 17.0 Å². The van der Waals surface area contributed by atoms with Gasteiger partial charge in [-0.25, -0.2) is 9.69 Å². The monoisotopic (exact) mass is 458 g/mol. The summed E-state index contributed by atoms with van der Waals surface area (Å²) in [5.74, 6) is -1.38. The van der Waals surface area contributed by atoms with Crippen LogP contribution in [0.15, 0.2) is 42.5 Å². The fourth-order valence-electron chi connectivity index (χ4n) is 3.71. The largest absolute Gasteiger partial charge is 0.466 e. The third-order valence-corrected chi connectivity index (χ3v) is 5.39. The maximum atomic E-state index is 13.5. The van der Waals surface area contributed by atoms with E-state index in [1.807, 2.05) is 0 Å². The Bertz CT molecular complexity index is 1130. The number of esters is 1. The van der Waals surface area contributed by atoms with Gasteiger partial charge in [-0.3, -0.25) is 9.59 Å². The molecular formula is C23H19F3N3O4. The summed E-state index contributed by atoms with van der Waals surface area (Å²) in [4.78, 5) is 40.5. The van der Waals surface area contributed by atoms with Crippen LogP contribution >= 0.6 is 0 Å². The Morgan fingerprint density at radius 2 is 1.88 bits per heavy atom. The SMILES string of the molecule is CCOC(=O)CCN1C(=O)N(c2ccc(C#N)c(C(F)(F)F)c2)C(=O)C1(C)c1cc[c]cc1. The van der Waals surface area contributed by atoms with Crippen LogP contribution < -0.4 is 4.90 Å². The number of imide groups is 1. The van der Waals surface area contributed by atoms with Crippen LogP contribution in [0.25, 0.3) is 0 Å². The van der Waals surface area contributed by atoms with E-state index in [4.69, 9.17) is 10.00 Å². The number of carbonyl (C=O) groups is 3. The van der Waals surface area contributed by atoms with Crippen molar-refractivity contribution >= 4 is 23.6 Å². The van der Waals surface area contributed by atoms with E-state index in [0.29, 0.717) is 16.5 Å². The summed E-state index contributed by atoms with van der Waals surface area (Å²) < 4.78 is 45.3. The molecule has 1 fully saturated rings. The number of ether oxygens (including phenoxy) is 1. The van der Waals surface area contributed by atoms with Crippen LogP contribution in [-0.4, -0.2) is 36.0 Å². The number of benzene rings is 2. The van der Waals surface area contributed by atoms with Gasteiger partial charge in [-0.2, -0.15) is 18.4 Å². The summed E-state index contributed by atoms with van der Waals surface area (Å²) in [5, 5.41) is 9.03. The molecule has 1 aliphatic heterocycles. The summed E-state index contributed by atoms with van der Waals surface area (Å²) in [7, 11) is 0. The number of halogens is 3. The Kier molecular flexibility index (Phi) is 6.44. The van der Waals surface area contributed by atoms with Crippen molar-refractivity contribution < 1.29 is 32.3 Å². The smallest absolute Gasteiger partial charge is 0.417 e. The molecule has 0 saturated carbocycles. The average molecular weight is 458 g/mol. The molecule has 2 aromatic carbocycles. The van der Waals surface area contributed by atoms with Crippen molar-refractivity contribution in [2.45, 2.75) is 32.0 Å². The molecule has 3 rings (SSSR count). The number of rotatable bonds is 6. The number of urea groups is 1. The van der Waals surface area contributed by atoms with Crippen molar-refractivity contribution in [1.29, 1.82) is 5.26 Å².